The highest BCUT2D eigenvalue weighted by Crippen LogP contribution is 2.51. The summed E-state index contributed by atoms with van der Waals surface area (Å²) in [6.45, 7) is 0. The molecule has 2 fully saturated rings. The quantitative estimate of drug-likeness (QED) is 0.803. The second-order valence-corrected chi connectivity index (χ2v) is 7.76. The van der Waals surface area contributed by atoms with E-state index in [0.29, 0.717) is 17.4 Å². The summed E-state index contributed by atoms with van der Waals surface area (Å²) < 4.78 is 14.7. The molecule has 0 amide bonds. The van der Waals surface area contributed by atoms with Gasteiger partial charge in [-0.1, -0.05) is 34.8 Å². The van der Waals surface area contributed by atoms with Crippen LogP contribution >= 0.6 is 15.9 Å². The number of aliphatic hydroxyl groups is 1. The summed E-state index contributed by atoms with van der Waals surface area (Å²) in [5.41, 5.74) is 0.436. The third-order valence-electron chi connectivity index (χ3n) is 5.44. The van der Waals surface area contributed by atoms with Crippen LogP contribution in [0.4, 0.5) is 4.39 Å². The van der Waals surface area contributed by atoms with Gasteiger partial charge in [0.15, 0.2) is 0 Å². The van der Waals surface area contributed by atoms with Crippen molar-refractivity contribution >= 4 is 15.9 Å². The highest BCUT2D eigenvalue weighted by atomic mass is 79.9. The average molecular weight is 341 g/mol. The SMILES string of the molecule is OC1(Cc2ccc(Br)cc2F)CCC2(CCCC2)CC1. The Bertz CT molecular complexity index is 484. The molecule has 0 unspecified atom stereocenters. The Balaban J connectivity index is 1.68. The van der Waals surface area contributed by atoms with Crippen LogP contribution in [0.15, 0.2) is 22.7 Å². The maximum atomic E-state index is 13.9. The first-order valence-corrected chi connectivity index (χ1v) is 8.46. The van der Waals surface area contributed by atoms with E-state index in [-0.39, 0.29) is 5.82 Å². The highest BCUT2D eigenvalue weighted by Gasteiger charge is 2.43. The summed E-state index contributed by atoms with van der Waals surface area (Å²) >= 11 is 3.27. The van der Waals surface area contributed by atoms with Gasteiger partial charge in [-0.15, -0.1) is 0 Å². The van der Waals surface area contributed by atoms with E-state index in [1.54, 1.807) is 6.07 Å². The molecule has 1 spiro atoms. The first-order valence-electron chi connectivity index (χ1n) is 7.67. The van der Waals surface area contributed by atoms with Gasteiger partial charge < -0.3 is 5.11 Å². The second-order valence-electron chi connectivity index (χ2n) is 6.84. The van der Waals surface area contributed by atoms with Gasteiger partial charge in [0.05, 0.1) is 5.60 Å². The molecule has 1 aromatic rings. The van der Waals surface area contributed by atoms with Gasteiger partial charge in [0.25, 0.3) is 0 Å². The zero-order valence-electron chi connectivity index (χ0n) is 11.8. The maximum Gasteiger partial charge on any atom is 0.127 e. The van der Waals surface area contributed by atoms with Gasteiger partial charge in [-0.25, -0.2) is 4.39 Å². The van der Waals surface area contributed by atoms with Gasteiger partial charge in [0.1, 0.15) is 5.82 Å². The molecule has 0 saturated heterocycles. The summed E-state index contributed by atoms with van der Waals surface area (Å²) in [6, 6.07) is 5.13. The molecule has 2 aliphatic carbocycles. The van der Waals surface area contributed by atoms with Crippen molar-refractivity contribution < 1.29 is 9.50 Å². The number of halogens is 2. The second kappa shape index (κ2) is 5.42. The third-order valence-corrected chi connectivity index (χ3v) is 5.93. The molecule has 0 atom stereocenters. The molecule has 110 valence electrons. The Morgan fingerprint density at radius 3 is 2.30 bits per heavy atom. The Kier molecular flexibility index (Phi) is 3.93. The molecule has 0 aromatic heterocycles. The molecule has 2 aliphatic rings. The fourth-order valence-corrected chi connectivity index (χ4v) is 4.40. The van der Waals surface area contributed by atoms with Crippen LogP contribution in [-0.4, -0.2) is 10.7 Å². The van der Waals surface area contributed by atoms with E-state index in [0.717, 1.165) is 30.2 Å². The lowest BCUT2D eigenvalue weighted by molar-refractivity contribution is -0.0327. The standard InChI is InChI=1S/C17H22BrFO/c18-14-4-3-13(15(19)11-14)12-17(20)9-7-16(8-10-17)5-1-2-6-16/h3-4,11,20H,1-2,5-10,12H2. The lowest BCUT2D eigenvalue weighted by Crippen LogP contribution is -2.40. The van der Waals surface area contributed by atoms with Crippen molar-refractivity contribution in [2.24, 2.45) is 5.41 Å². The van der Waals surface area contributed by atoms with Crippen LogP contribution < -0.4 is 0 Å². The minimum Gasteiger partial charge on any atom is -0.390 e. The minimum absolute atomic E-state index is 0.214. The van der Waals surface area contributed by atoms with Gasteiger partial charge in [0.2, 0.25) is 0 Å². The molecule has 1 N–H and O–H groups in total. The number of rotatable bonds is 2. The van der Waals surface area contributed by atoms with Crippen LogP contribution in [-0.2, 0) is 6.42 Å². The van der Waals surface area contributed by atoms with E-state index >= 15 is 0 Å². The van der Waals surface area contributed by atoms with Crippen molar-refractivity contribution in [1.29, 1.82) is 0 Å². The molecule has 1 nitrogen and oxygen atoms in total. The Labute approximate surface area is 128 Å². The van der Waals surface area contributed by atoms with Crippen molar-refractivity contribution in [2.45, 2.75) is 63.4 Å². The molecule has 2 saturated carbocycles. The molecule has 20 heavy (non-hydrogen) atoms. The van der Waals surface area contributed by atoms with E-state index in [1.165, 1.54) is 31.7 Å². The monoisotopic (exact) mass is 340 g/mol. The van der Waals surface area contributed by atoms with E-state index in [9.17, 15) is 9.50 Å². The summed E-state index contributed by atoms with van der Waals surface area (Å²) in [7, 11) is 0. The van der Waals surface area contributed by atoms with E-state index in [2.05, 4.69) is 15.9 Å². The van der Waals surface area contributed by atoms with Crippen molar-refractivity contribution in [2.75, 3.05) is 0 Å². The predicted molar refractivity (Wildman–Crippen MR) is 82.1 cm³/mol. The van der Waals surface area contributed by atoms with Crippen molar-refractivity contribution in [3.63, 3.8) is 0 Å². The smallest absolute Gasteiger partial charge is 0.127 e. The third kappa shape index (κ3) is 2.94. The molecule has 0 bridgehead atoms. The number of hydrogen-bond donors (Lipinski definition) is 1. The van der Waals surface area contributed by atoms with Crippen LogP contribution in [0.3, 0.4) is 0 Å². The van der Waals surface area contributed by atoms with Gasteiger partial charge >= 0.3 is 0 Å². The first kappa shape index (κ1) is 14.5. The van der Waals surface area contributed by atoms with Gasteiger partial charge in [0, 0.05) is 10.9 Å². The summed E-state index contributed by atoms with van der Waals surface area (Å²) in [5, 5.41) is 10.8. The van der Waals surface area contributed by atoms with E-state index in [1.807, 2.05) is 6.07 Å². The van der Waals surface area contributed by atoms with Gasteiger partial charge in [-0.3, -0.25) is 0 Å². The van der Waals surface area contributed by atoms with E-state index < -0.39 is 5.60 Å². The Morgan fingerprint density at radius 1 is 1.05 bits per heavy atom. The summed E-state index contributed by atoms with van der Waals surface area (Å²) in [4.78, 5) is 0. The number of benzene rings is 1. The van der Waals surface area contributed by atoms with Crippen molar-refractivity contribution in [3.8, 4) is 0 Å². The summed E-state index contributed by atoms with van der Waals surface area (Å²) in [6.07, 6.45) is 9.67. The molecular formula is C17H22BrFO. The van der Waals surface area contributed by atoms with Crippen LogP contribution in [0, 0.1) is 11.2 Å². The molecule has 0 radical (unpaired) electrons. The molecule has 0 heterocycles. The Hall–Kier alpha value is -0.410. The van der Waals surface area contributed by atoms with Crippen LogP contribution in [0.5, 0.6) is 0 Å². The van der Waals surface area contributed by atoms with Crippen LogP contribution in [0.2, 0.25) is 0 Å². The molecule has 1 aromatic carbocycles. The fraction of sp³-hybridized carbons (Fsp3) is 0.647. The molecule has 3 heteroatoms. The van der Waals surface area contributed by atoms with Crippen molar-refractivity contribution in [3.05, 3.63) is 34.1 Å². The lowest BCUT2D eigenvalue weighted by atomic mass is 9.66. The van der Waals surface area contributed by atoms with Gasteiger partial charge in [-0.2, -0.15) is 0 Å². The van der Waals surface area contributed by atoms with Crippen LogP contribution in [0.1, 0.15) is 56.9 Å². The number of hydrogen-bond acceptors (Lipinski definition) is 1. The average Bonchev–Trinajstić information content (AvgIpc) is 2.87. The minimum atomic E-state index is -0.706. The van der Waals surface area contributed by atoms with Crippen LogP contribution in [0.25, 0.3) is 0 Å². The highest BCUT2D eigenvalue weighted by molar-refractivity contribution is 9.10. The molecular weight excluding hydrogens is 319 g/mol. The topological polar surface area (TPSA) is 20.2 Å². The molecule has 0 aliphatic heterocycles. The lowest BCUT2D eigenvalue weighted by Gasteiger charge is -2.42. The normalized spacial score (nSPS) is 24.1. The Morgan fingerprint density at radius 2 is 1.70 bits per heavy atom. The first-order chi connectivity index (χ1) is 9.50. The van der Waals surface area contributed by atoms with E-state index in [4.69, 9.17) is 0 Å². The fourth-order valence-electron chi connectivity index (χ4n) is 4.07. The predicted octanol–water partition coefficient (Wildman–Crippen LogP) is 5.00. The van der Waals surface area contributed by atoms with Crippen molar-refractivity contribution in [1.82, 2.24) is 0 Å². The zero-order valence-corrected chi connectivity index (χ0v) is 13.4. The zero-order chi connectivity index (χ0) is 14.2. The largest absolute Gasteiger partial charge is 0.390 e. The summed E-state index contributed by atoms with van der Waals surface area (Å²) in [5.74, 6) is -0.214. The van der Waals surface area contributed by atoms with Gasteiger partial charge in [-0.05, 0) is 61.6 Å². The maximum absolute atomic E-state index is 13.9. The molecule has 3 rings (SSSR count).